The molecule has 2 aliphatic carbocycles. The van der Waals surface area contributed by atoms with Crippen molar-refractivity contribution in [1.29, 1.82) is 0 Å². The van der Waals surface area contributed by atoms with Gasteiger partial charge in [-0.2, -0.15) is 0 Å². The van der Waals surface area contributed by atoms with Crippen molar-refractivity contribution in [2.24, 2.45) is 17.8 Å². The van der Waals surface area contributed by atoms with Crippen molar-refractivity contribution in [3.63, 3.8) is 0 Å². The zero-order chi connectivity index (χ0) is 14.2. The summed E-state index contributed by atoms with van der Waals surface area (Å²) in [6.07, 6.45) is 5.81. The predicted molar refractivity (Wildman–Crippen MR) is 92.5 cm³/mol. The maximum Gasteiger partial charge on any atom is 0.0429 e. The summed E-state index contributed by atoms with van der Waals surface area (Å²) in [5, 5.41) is 0. The maximum absolute atomic E-state index is 3.98. The summed E-state index contributed by atoms with van der Waals surface area (Å²) in [6, 6.07) is 19.8. The van der Waals surface area contributed by atoms with Gasteiger partial charge in [0.25, 0.3) is 0 Å². The molecule has 21 heavy (non-hydrogen) atoms. The first-order valence-electron chi connectivity index (χ1n) is 8.14. The van der Waals surface area contributed by atoms with Crippen LogP contribution in [0.3, 0.4) is 0 Å². The monoisotopic (exact) mass is 340 g/mol. The first-order chi connectivity index (χ1) is 10.3. The number of fused-ring (bicyclic) bond motifs is 1. The van der Waals surface area contributed by atoms with Crippen LogP contribution in [0.4, 0.5) is 0 Å². The first kappa shape index (κ1) is 13.6. The molecule has 2 aliphatic rings. The summed E-state index contributed by atoms with van der Waals surface area (Å²) in [5.74, 6) is 2.88. The van der Waals surface area contributed by atoms with E-state index in [4.69, 9.17) is 0 Å². The topological polar surface area (TPSA) is 0 Å². The minimum atomic E-state index is 0.551. The molecule has 3 atom stereocenters. The third-order valence-electron chi connectivity index (χ3n) is 5.40. The third kappa shape index (κ3) is 2.57. The average Bonchev–Trinajstić information content (AvgIpc) is 3.29. The van der Waals surface area contributed by atoms with Gasteiger partial charge < -0.3 is 0 Å². The van der Waals surface area contributed by atoms with Crippen LogP contribution < -0.4 is 0 Å². The highest BCUT2D eigenvalue weighted by molar-refractivity contribution is 9.09. The molecule has 0 aromatic heterocycles. The number of hydrogen-bond acceptors (Lipinski definition) is 0. The van der Waals surface area contributed by atoms with Crippen molar-refractivity contribution < 1.29 is 0 Å². The van der Waals surface area contributed by atoms with E-state index in [9.17, 15) is 0 Å². The van der Waals surface area contributed by atoms with E-state index in [-0.39, 0.29) is 0 Å². The molecule has 0 bridgehead atoms. The molecule has 2 aromatic rings. The van der Waals surface area contributed by atoms with Gasteiger partial charge in [-0.15, -0.1) is 0 Å². The highest BCUT2D eigenvalue weighted by Crippen LogP contribution is 2.62. The molecule has 0 saturated heterocycles. The van der Waals surface area contributed by atoms with Gasteiger partial charge in [0.2, 0.25) is 0 Å². The number of rotatable bonds is 3. The van der Waals surface area contributed by atoms with Gasteiger partial charge in [0.15, 0.2) is 0 Å². The molecule has 2 saturated carbocycles. The Morgan fingerprint density at radius 1 is 0.762 bits per heavy atom. The third-order valence-corrected chi connectivity index (χ3v) is 6.54. The lowest BCUT2D eigenvalue weighted by molar-refractivity contribution is 0.480. The van der Waals surface area contributed by atoms with Gasteiger partial charge in [0, 0.05) is 4.83 Å². The van der Waals surface area contributed by atoms with E-state index in [1.165, 1.54) is 42.4 Å². The first-order valence-corrected chi connectivity index (χ1v) is 9.05. The van der Waals surface area contributed by atoms with E-state index in [0.717, 1.165) is 17.8 Å². The fraction of sp³-hybridized carbons (Fsp3) is 0.400. The van der Waals surface area contributed by atoms with E-state index in [1.54, 1.807) is 0 Å². The highest BCUT2D eigenvalue weighted by atomic mass is 79.9. The minimum absolute atomic E-state index is 0.551. The van der Waals surface area contributed by atoms with Crippen molar-refractivity contribution in [1.82, 2.24) is 0 Å². The van der Waals surface area contributed by atoms with E-state index in [2.05, 4.69) is 70.5 Å². The maximum atomic E-state index is 3.98. The molecule has 108 valence electrons. The summed E-state index contributed by atoms with van der Waals surface area (Å²) in [6.45, 7) is 0. The lowest BCUT2D eigenvalue weighted by Gasteiger charge is -2.11. The van der Waals surface area contributed by atoms with Crippen LogP contribution in [0.15, 0.2) is 54.6 Å². The van der Waals surface area contributed by atoms with Crippen LogP contribution in [0.1, 0.15) is 36.1 Å². The second-order valence-electron chi connectivity index (χ2n) is 6.58. The number of hydrogen-bond donors (Lipinski definition) is 0. The molecule has 0 nitrogen and oxygen atoms in total. The standard InChI is InChI=1S/C20H21Br/c21-20(19-17-8-4-5-9-18(17)19)16-12-10-15(11-13-16)14-6-2-1-3-7-14/h1-3,6-7,10-13,17-20H,4-5,8-9H2. The number of alkyl halides is 1. The summed E-state index contributed by atoms with van der Waals surface area (Å²) in [5.41, 5.74) is 4.07. The summed E-state index contributed by atoms with van der Waals surface area (Å²) < 4.78 is 0. The van der Waals surface area contributed by atoms with Crippen molar-refractivity contribution >= 4 is 15.9 Å². The molecule has 3 unspecified atom stereocenters. The van der Waals surface area contributed by atoms with Crippen molar-refractivity contribution in [2.45, 2.75) is 30.5 Å². The summed E-state index contributed by atoms with van der Waals surface area (Å²) >= 11 is 3.98. The Morgan fingerprint density at radius 2 is 1.33 bits per heavy atom. The number of benzene rings is 2. The second kappa shape index (κ2) is 5.61. The van der Waals surface area contributed by atoms with Crippen LogP contribution >= 0.6 is 15.9 Å². The van der Waals surface area contributed by atoms with Gasteiger partial charge in [0.05, 0.1) is 0 Å². The lowest BCUT2D eigenvalue weighted by atomic mass is 10.0. The molecule has 1 heteroatoms. The molecule has 0 aliphatic heterocycles. The van der Waals surface area contributed by atoms with E-state index < -0.39 is 0 Å². The lowest BCUT2D eigenvalue weighted by Crippen LogP contribution is -1.95. The Labute approximate surface area is 135 Å². The summed E-state index contributed by atoms with van der Waals surface area (Å²) in [4.78, 5) is 0.551. The van der Waals surface area contributed by atoms with Crippen molar-refractivity contribution in [2.75, 3.05) is 0 Å². The van der Waals surface area contributed by atoms with Crippen LogP contribution in [0.2, 0.25) is 0 Å². The second-order valence-corrected chi connectivity index (χ2v) is 7.57. The van der Waals surface area contributed by atoms with Gasteiger partial charge in [-0.3, -0.25) is 0 Å². The molecule has 0 radical (unpaired) electrons. The zero-order valence-electron chi connectivity index (χ0n) is 12.2. The van der Waals surface area contributed by atoms with Crippen LogP contribution in [0, 0.1) is 17.8 Å². The van der Waals surface area contributed by atoms with Crippen molar-refractivity contribution in [3.05, 3.63) is 60.2 Å². The Hall–Kier alpha value is -1.08. The van der Waals surface area contributed by atoms with E-state index in [1.807, 2.05) is 0 Å². The van der Waals surface area contributed by atoms with E-state index >= 15 is 0 Å². The van der Waals surface area contributed by atoms with Gasteiger partial charge in [-0.25, -0.2) is 0 Å². The van der Waals surface area contributed by atoms with Gasteiger partial charge in [0.1, 0.15) is 0 Å². The highest BCUT2D eigenvalue weighted by Gasteiger charge is 2.53. The van der Waals surface area contributed by atoms with Crippen LogP contribution in [0.25, 0.3) is 11.1 Å². The summed E-state index contributed by atoms with van der Waals surface area (Å²) in [7, 11) is 0. The van der Waals surface area contributed by atoms with Gasteiger partial charge >= 0.3 is 0 Å². The molecular formula is C20H21Br. The Balaban J connectivity index is 1.51. The average molecular weight is 341 g/mol. The molecule has 0 heterocycles. The quantitative estimate of drug-likeness (QED) is 0.581. The van der Waals surface area contributed by atoms with Crippen LogP contribution in [-0.4, -0.2) is 0 Å². The largest absolute Gasteiger partial charge is 0.0836 e. The molecule has 4 rings (SSSR count). The fourth-order valence-corrected chi connectivity index (χ4v) is 5.28. The Bertz CT molecular complexity index is 589. The molecular weight excluding hydrogens is 320 g/mol. The molecule has 2 aromatic carbocycles. The molecule has 0 amide bonds. The van der Waals surface area contributed by atoms with Crippen LogP contribution in [0.5, 0.6) is 0 Å². The predicted octanol–water partition coefficient (Wildman–Crippen LogP) is 6.23. The SMILES string of the molecule is BrC(c1ccc(-c2ccccc2)cc1)C1C2CCCCC21. The minimum Gasteiger partial charge on any atom is -0.0836 e. The van der Waals surface area contributed by atoms with Crippen molar-refractivity contribution in [3.8, 4) is 11.1 Å². The molecule has 0 spiro atoms. The van der Waals surface area contributed by atoms with Crippen LogP contribution in [-0.2, 0) is 0 Å². The molecule has 2 fully saturated rings. The Morgan fingerprint density at radius 3 is 1.95 bits per heavy atom. The smallest absolute Gasteiger partial charge is 0.0429 e. The normalized spacial score (nSPS) is 28.7. The number of halogens is 1. The fourth-order valence-electron chi connectivity index (χ4n) is 4.19. The van der Waals surface area contributed by atoms with Gasteiger partial charge in [-0.05, 0) is 47.3 Å². The Kier molecular flexibility index (Phi) is 3.62. The van der Waals surface area contributed by atoms with Gasteiger partial charge in [-0.1, -0.05) is 83.4 Å². The zero-order valence-corrected chi connectivity index (χ0v) is 13.8. The van der Waals surface area contributed by atoms with E-state index in [0.29, 0.717) is 4.83 Å². The molecule has 0 N–H and O–H groups in total.